The number of anilines is 1. The molecule has 0 aliphatic carbocycles. The Morgan fingerprint density at radius 3 is 2.72 bits per heavy atom. The lowest BCUT2D eigenvalue weighted by molar-refractivity contribution is 0.0886. The molecule has 4 nitrogen and oxygen atoms in total. The number of halogens is 1. The van der Waals surface area contributed by atoms with E-state index in [4.69, 9.17) is 10.8 Å². The van der Waals surface area contributed by atoms with Crippen molar-refractivity contribution in [3.8, 4) is 0 Å². The van der Waals surface area contributed by atoms with Crippen LogP contribution in [0.2, 0.25) is 0 Å². The molecule has 1 rings (SSSR count). The van der Waals surface area contributed by atoms with Crippen LogP contribution in [0.25, 0.3) is 0 Å². The first kappa shape index (κ1) is 14.4. The van der Waals surface area contributed by atoms with Gasteiger partial charge in [0.1, 0.15) is 5.82 Å². The summed E-state index contributed by atoms with van der Waals surface area (Å²) in [6.07, 6.45) is 1.15. The standard InChI is InChI=1S/C13H19FN2O2/c1-3-13(2,6-7-17)16-12(18)9-4-5-10(14)11(15)8-9/h4-5,8,17H,3,6-7,15H2,1-2H3,(H,16,18). The third kappa shape index (κ3) is 3.43. The van der Waals surface area contributed by atoms with E-state index in [9.17, 15) is 9.18 Å². The van der Waals surface area contributed by atoms with E-state index in [-0.39, 0.29) is 18.2 Å². The van der Waals surface area contributed by atoms with Crippen LogP contribution in [0.1, 0.15) is 37.0 Å². The van der Waals surface area contributed by atoms with Crippen LogP contribution in [-0.4, -0.2) is 23.2 Å². The van der Waals surface area contributed by atoms with Gasteiger partial charge in [-0.2, -0.15) is 0 Å². The van der Waals surface area contributed by atoms with E-state index in [1.54, 1.807) is 0 Å². The largest absolute Gasteiger partial charge is 0.396 e. The number of nitrogen functional groups attached to an aromatic ring is 1. The summed E-state index contributed by atoms with van der Waals surface area (Å²) in [6, 6.07) is 3.86. The van der Waals surface area contributed by atoms with Gasteiger partial charge in [-0.05, 0) is 38.0 Å². The van der Waals surface area contributed by atoms with E-state index < -0.39 is 11.4 Å². The molecule has 0 spiro atoms. The Hall–Kier alpha value is -1.62. The summed E-state index contributed by atoms with van der Waals surface area (Å²) in [7, 11) is 0. The van der Waals surface area contributed by atoms with Gasteiger partial charge in [-0.25, -0.2) is 4.39 Å². The van der Waals surface area contributed by atoms with Crippen molar-refractivity contribution in [2.45, 2.75) is 32.2 Å². The smallest absolute Gasteiger partial charge is 0.251 e. The normalized spacial score (nSPS) is 14.0. The zero-order chi connectivity index (χ0) is 13.8. The van der Waals surface area contributed by atoms with Crippen LogP contribution in [-0.2, 0) is 0 Å². The fourth-order valence-corrected chi connectivity index (χ4v) is 1.61. The molecule has 0 aliphatic heterocycles. The number of carbonyl (C=O) groups is 1. The summed E-state index contributed by atoms with van der Waals surface area (Å²) >= 11 is 0. The van der Waals surface area contributed by atoms with Gasteiger partial charge in [-0.15, -0.1) is 0 Å². The molecule has 0 aliphatic rings. The number of benzene rings is 1. The first-order valence-electron chi connectivity index (χ1n) is 5.90. The van der Waals surface area contributed by atoms with E-state index in [1.165, 1.54) is 18.2 Å². The fourth-order valence-electron chi connectivity index (χ4n) is 1.61. The van der Waals surface area contributed by atoms with Gasteiger partial charge in [0.25, 0.3) is 5.91 Å². The molecule has 0 saturated carbocycles. The predicted molar refractivity (Wildman–Crippen MR) is 68.7 cm³/mol. The summed E-state index contributed by atoms with van der Waals surface area (Å²) in [6.45, 7) is 3.78. The molecule has 1 aromatic carbocycles. The number of hydrogen-bond donors (Lipinski definition) is 3. The highest BCUT2D eigenvalue weighted by atomic mass is 19.1. The van der Waals surface area contributed by atoms with Crippen molar-refractivity contribution in [2.24, 2.45) is 0 Å². The van der Waals surface area contributed by atoms with Crippen molar-refractivity contribution in [1.82, 2.24) is 5.32 Å². The molecule has 1 unspecified atom stereocenters. The molecular weight excluding hydrogens is 235 g/mol. The number of carbonyl (C=O) groups excluding carboxylic acids is 1. The Labute approximate surface area is 106 Å². The van der Waals surface area contributed by atoms with Crippen LogP contribution in [0.4, 0.5) is 10.1 Å². The fraction of sp³-hybridized carbons (Fsp3) is 0.462. The number of aliphatic hydroxyl groups is 1. The Morgan fingerprint density at radius 1 is 1.56 bits per heavy atom. The lowest BCUT2D eigenvalue weighted by Gasteiger charge is -2.29. The second-order valence-electron chi connectivity index (χ2n) is 4.58. The Kier molecular flexibility index (Phi) is 4.67. The minimum Gasteiger partial charge on any atom is -0.396 e. The van der Waals surface area contributed by atoms with Crippen molar-refractivity contribution >= 4 is 11.6 Å². The summed E-state index contributed by atoms with van der Waals surface area (Å²) in [5, 5.41) is 11.8. The molecule has 1 atom stereocenters. The monoisotopic (exact) mass is 254 g/mol. The Balaban J connectivity index is 2.84. The molecule has 0 heterocycles. The van der Waals surface area contributed by atoms with E-state index in [1.807, 2.05) is 13.8 Å². The van der Waals surface area contributed by atoms with Gasteiger partial charge in [0.05, 0.1) is 5.69 Å². The topological polar surface area (TPSA) is 75.3 Å². The molecular formula is C13H19FN2O2. The number of nitrogens with two attached hydrogens (primary N) is 1. The quantitative estimate of drug-likeness (QED) is 0.700. The van der Waals surface area contributed by atoms with Gasteiger partial charge >= 0.3 is 0 Å². The molecule has 0 radical (unpaired) electrons. The van der Waals surface area contributed by atoms with Gasteiger partial charge in [-0.3, -0.25) is 4.79 Å². The molecule has 4 N–H and O–H groups in total. The van der Waals surface area contributed by atoms with Crippen LogP contribution in [0.5, 0.6) is 0 Å². The summed E-state index contributed by atoms with van der Waals surface area (Å²) in [5.74, 6) is -0.861. The van der Waals surface area contributed by atoms with Crippen molar-refractivity contribution in [3.63, 3.8) is 0 Å². The number of rotatable bonds is 5. The third-order valence-electron chi connectivity index (χ3n) is 3.12. The van der Waals surface area contributed by atoms with Crippen molar-refractivity contribution in [1.29, 1.82) is 0 Å². The first-order chi connectivity index (χ1) is 8.41. The van der Waals surface area contributed by atoms with Crippen LogP contribution < -0.4 is 11.1 Å². The third-order valence-corrected chi connectivity index (χ3v) is 3.12. The average Bonchev–Trinajstić information content (AvgIpc) is 2.32. The number of nitrogens with one attached hydrogen (secondary N) is 1. The Bertz CT molecular complexity index is 437. The lowest BCUT2D eigenvalue weighted by atomic mass is 9.94. The van der Waals surface area contributed by atoms with Gasteiger partial charge in [0.15, 0.2) is 0 Å². The summed E-state index contributed by atoms with van der Waals surface area (Å²) in [4.78, 5) is 12.0. The van der Waals surface area contributed by atoms with Crippen molar-refractivity contribution < 1.29 is 14.3 Å². The van der Waals surface area contributed by atoms with Crippen LogP contribution in [0.3, 0.4) is 0 Å². The Morgan fingerprint density at radius 2 is 2.22 bits per heavy atom. The van der Waals surface area contributed by atoms with Crippen LogP contribution in [0.15, 0.2) is 18.2 Å². The first-order valence-corrected chi connectivity index (χ1v) is 5.90. The highest BCUT2D eigenvalue weighted by molar-refractivity contribution is 5.95. The second-order valence-corrected chi connectivity index (χ2v) is 4.58. The summed E-state index contributed by atoms with van der Waals surface area (Å²) < 4.78 is 13.0. The second kappa shape index (κ2) is 5.82. The maximum atomic E-state index is 13.0. The van der Waals surface area contributed by atoms with E-state index in [0.29, 0.717) is 18.4 Å². The molecule has 0 fully saturated rings. The van der Waals surface area contributed by atoms with Gasteiger partial charge in [0.2, 0.25) is 0 Å². The van der Waals surface area contributed by atoms with Crippen LogP contribution in [0, 0.1) is 5.82 Å². The van der Waals surface area contributed by atoms with Crippen molar-refractivity contribution in [3.05, 3.63) is 29.6 Å². The average molecular weight is 254 g/mol. The number of aliphatic hydroxyl groups excluding tert-OH is 1. The molecule has 1 aromatic rings. The number of amides is 1. The zero-order valence-corrected chi connectivity index (χ0v) is 10.7. The lowest BCUT2D eigenvalue weighted by Crippen LogP contribution is -2.46. The van der Waals surface area contributed by atoms with Gasteiger partial charge in [0, 0.05) is 17.7 Å². The zero-order valence-electron chi connectivity index (χ0n) is 10.7. The number of hydrogen-bond acceptors (Lipinski definition) is 3. The van der Waals surface area contributed by atoms with E-state index in [2.05, 4.69) is 5.32 Å². The molecule has 1 amide bonds. The maximum Gasteiger partial charge on any atom is 0.251 e. The molecule has 100 valence electrons. The molecule has 0 bridgehead atoms. The minimum absolute atomic E-state index is 0.00379. The van der Waals surface area contributed by atoms with E-state index in [0.717, 1.165) is 0 Å². The van der Waals surface area contributed by atoms with Gasteiger partial charge in [-0.1, -0.05) is 6.92 Å². The SMILES string of the molecule is CCC(C)(CCO)NC(=O)c1ccc(F)c(N)c1. The highest BCUT2D eigenvalue weighted by Crippen LogP contribution is 2.17. The molecule has 0 saturated heterocycles. The summed E-state index contributed by atoms with van der Waals surface area (Å²) in [5.41, 5.74) is 5.20. The van der Waals surface area contributed by atoms with Crippen LogP contribution >= 0.6 is 0 Å². The highest BCUT2D eigenvalue weighted by Gasteiger charge is 2.24. The van der Waals surface area contributed by atoms with Gasteiger partial charge < -0.3 is 16.2 Å². The minimum atomic E-state index is -0.542. The maximum absolute atomic E-state index is 13.0. The van der Waals surface area contributed by atoms with E-state index >= 15 is 0 Å². The predicted octanol–water partition coefficient (Wildman–Crippen LogP) is 1.69. The molecule has 0 aromatic heterocycles. The molecule has 18 heavy (non-hydrogen) atoms. The molecule has 5 heteroatoms. The van der Waals surface area contributed by atoms with Crippen molar-refractivity contribution in [2.75, 3.05) is 12.3 Å².